The SMILES string of the molecule is CC(C)CC(NC1=C(C(=O)C(F)(F)F)C(C)(C)C1)C(=O)O. The van der Waals surface area contributed by atoms with E-state index in [9.17, 15) is 22.8 Å². The fourth-order valence-corrected chi connectivity index (χ4v) is 2.53. The van der Waals surface area contributed by atoms with Gasteiger partial charge in [0.1, 0.15) is 6.04 Å². The molecule has 7 heteroatoms. The number of carboxylic acid groups (broad SMARTS) is 1. The number of nitrogens with one attached hydrogen (secondary N) is 1. The van der Waals surface area contributed by atoms with Gasteiger partial charge < -0.3 is 10.4 Å². The number of halogens is 3. The van der Waals surface area contributed by atoms with E-state index in [4.69, 9.17) is 5.11 Å². The summed E-state index contributed by atoms with van der Waals surface area (Å²) in [5.41, 5.74) is -1.16. The third kappa shape index (κ3) is 3.98. The van der Waals surface area contributed by atoms with Crippen LogP contribution >= 0.6 is 0 Å². The van der Waals surface area contributed by atoms with E-state index in [0.29, 0.717) is 0 Å². The molecule has 1 aliphatic rings. The van der Waals surface area contributed by atoms with Gasteiger partial charge in [0.2, 0.25) is 0 Å². The largest absolute Gasteiger partial charge is 0.480 e. The summed E-state index contributed by atoms with van der Waals surface area (Å²) >= 11 is 0. The maximum Gasteiger partial charge on any atom is 0.454 e. The van der Waals surface area contributed by atoms with Gasteiger partial charge in [0.25, 0.3) is 5.78 Å². The van der Waals surface area contributed by atoms with E-state index < -0.39 is 29.4 Å². The van der Waals surface area contributed by atoms with Gasteiger partial charge in [-0.3, -0.25) is 4.79 Å². The normalized spacial score (nSPS) is 19.2. The Morgan fingerprint density at radius 2 is 1.86 bits per heavy atom. The second kappa shape index (κ2) is 5.69. The maximum absolute atomic E-state index is 12.6. The van der Waals surface area contributed by atoms with Crippen LogP contribution in [0, 0.1) is 11.3 Å². The fourth-order valence-electron chi connectivity index (χ4n) is 2.53. The predicted octanol–water partition coefficient (Wildman–Crippen LogP) is 2.89. The number of Topliss-reactive ketones (excluding diaryl/α,β-unsaturated/α-hetero) is 1. The molecule has 0 saturated carbocycles. The smallest absolute Gasteiger partial charge is 0.454 e. The van der Waals surface area contributed by atoms with Crippen molar-refractivity contribution in [3.05, 3.63) is 11.3 Å². The molecule has 0 aromatic rings. The first kappa shape index (κ1) is 17.5. The number of hydrogen-bond donors (Lipinski definition) is 2. The standard InChI is InChI=1S/C14H20F3NO3/c1-7(2)5-8(12(20)21)18-9-6-13(3,4)10(9)11(19)14(15,16)17/h7-8,18H,5-6H2,1-4H3,(H,20,21). The topological polar surface area (TPSA) is 66.4 Å². The molecule has 0 heterocycles. The average Bonchev–Trinajstić information content (AvgIpc) is 2.24. The minimum absolute atomic E-state index is 0.0639. The highest BCUT2D eigenvalue weighted by molar-refractivity contribution is 6.02. The summed E-state index contributed by atoms with van der Waals surface area (Å²) < 4.78 is 37.8. The van der Waals surface area contributed by atoms with Gasteiger partial charge in [-0.1, -0.05) is 27.7 Å². The van der Waals surface area contributed by atoms with Crippen LogP contribution in [0.3, 0.4) is 0 Å². The van der Waals surface area contributed by atoms with Crippen LogP contribution in [0.4, 0.5) is 13.2 Å². The highest BCUT2D eigenvalue weighted by atomic mass is 19.4. The van der Waals surface area contributed by atoms with Crippen molar-refractivity contribution in [2.45, 2.75) is 52.8 Å². The third-order valence-electron chi connectivity index (χ3n) is 3.44. The van der Waals surface area contributed by atoms with E-state index in [1.807, 2.05) is 13.8 Å². The lowest BCUT2D eigenvalue weighted by Gasteiger charge is -2.41. The van der Waals surface area contributed by atoms with Crippen molar-refractivity contribution in [3.8, 4) is 0 Å². The quantitative estimate of drug-likeness (QED) is 0.792. The minimum Gasteiger partial charge on any atom is -0.480 e. The van der Waals surface area contributed by atoms with Crippen LogP contribution in [0.1, 0.15) is 40.5 Å². The van der Waals surface area contributed by atoms with Crippen LogP contribution in [0.2, 0.25) is 0 Å². The highest BCUT2D eigenvalue weighted by Crippen LogP contribution is 2.47. The Bertz CT molecular complexity index is 478. The van der Waals surface area contributed by atoms with Crippen molar-refractivity contribution in [2.75, 3.05) is 0 Å². The zero-order valence-electron chi connectivity index (χ0n) is 12.5. The monoisotopic (exact) mass is 307 g/mol. The summed E-state index contributed by atoms with van der Waals surface area (Å²) in [7, 11) is 0. The molecule has 1 unspecified atom stereocenters. The van der Waals surface area contributed by atoms with Gasteiger partial charge in [-0.05, 0) is 18.8 Å². The van der Waals surface area contributed by atoms with Crippen molar-refractivity contribution in [3.63, 3.8) is 0 Å². The number of rotatable bonds is 6. The van der Waals surface area contributed by atoms with E-state index >= 15 is 0 Å². The van der Waals surface area contributed by atoms with Crippen molar-refractivity contribution in [1.82, 2.24) is 5.32 Å². The van der Waals surface area contributed by atoms with Gasteiger partial charge in [0.05, 0.1) is 0 Å². The molecule has 0 fully saturated rings. The molecule has 0 amide bonds. The van der Waals surface area contributed by atoms with Gasteiger partial charge in [-0.15, -0.1) is 0 Å². The van der Waals surface area contributed by atoms with Crippen LogP contribution < -0.4 is 5.32 Å². The molecule has 0 spiro atoms. The molecule has 1 aliphatic carbocycles. The summed E-state index contributed by atoms with van der Waals surface area (Å²) in [6, 6.07) is -0.993. The summed E-state index contributed by atoms with van der Waals surface area (Å²) in [5.74, 6) is -2.97. The lowest BCUT2D eigenvalue weighted by molar-refractivity contribution is -0.168. The Morgan fingerprint density at radius 3 is 2.19 bits per heavy atom. The number of carbonyl (C=O) groups excluding carboxylic acids is 1. The molecule has 21 heavy (non-hydrogen) atoms. The Labute approximate surface area is 121 Å². The molecule has 0 bridgehead atoms. The molecule has 0 aromatic heterocycles. The third-order valence-corrected chi connectivity index (χ3v) is 3.44. The van der Waals surface area contributed by atoms with E-state index in [2.05, 4.69) is 5.32 Å². The first-order valence-corrected chi connectivity index (χ1v) is 6.70. The molecule has 1 atom stereocenters. The highest BCUT2D eigenvalue weighted by Gasteiger charge is 2.51. The molecule has 0 aromatic carbocycles. The summed E-state index contributed by atoms with van der Waals surface area (Å²) in [4.78, 5) is 22.6. The molecule has 120 valence electrons. The number of hydrogen-bond acceptors (Lipinski definition) is 3. The maximum atomic E-state index is 12.6. The first-order chi connectivity index (χ1) is 9.36. The van der Waals surface area contributed by atoms with Gasteiger partial charge in [0, 0.05) is 16.7 Å². The van der Waals surface area contributed by atoms with Crippen LogP contribution in [0.25, 0.3) is 0 Å². The van der Waals surface area contributed by atoms with Crippen molar-refractivity contribution in [2.24, 2.45) is 11.3 Å². The number of carbonyl (C=O) groups is 2. The van der Waals surface area contributed by atoms with Gasteiger partial charge in [-0.25, -0.2) is 4.79 Å². The summed E-state index contributed by atoms with van der Waals surface area (Å²) in [6.07, 6.45) is -4.45. The molecule has 4 nitrogen and oxygen atoms in total. The zero-order valence-corrected chi connectivity index (χ0v) is 12.5. The van der Waals surface area contributed by atoms with Gasteiger partial charge in [0.15, 0.2) is 0 Å². The van der Waals surface area contributed by atoms with E-state index in [-0.39, 0.29) is 30.0 Å². The second-order valence-corrected chi connectivity index (χ2v) is 6.41. The van der Waals surface area contributed by atoms with Crippen LogP contribution in [-0.4, -0.2) is 29.1 Å². The van der Waals surface area contributed by atoms with E-state index in [1.165, 1.54) is 13.8 Å². The lowest BCUT2D eigenvalue weighted by Crippen LogP contribution is -2.47. The van der Waals surface area contributed by atoms with E-state index in [1.54, 1.807) is 0 Å². The summed E-state index contributed by atoms with van der Waals surface area (Å²) in [5, 5.41) is 11.7. The predicted molar refractivity (Wildman–Crippen MR) is 70.5 cm³/mol. The minimum atomic E-state index is -4.95. The lowest BCUT2D eigenvalue weighted by atomic mass is 9.67. The van der Waals surface area contributed by atoms with Crippen molar-refractivity contribution < 1.29 is 27.9 Å². The molecule has 0 saturated heterocycles. The molecule has 0 radical (unpaired) electrons. The molecule has 0 aliphatic heterocycles. The zero-order chi connectivity index (χ0) is 16.6. The molecular weight excluding hydrogens is 287 g/mol. The second-order valence-electron chi connectivity index (χ2n) is 6.41. The van der Waals surface area contributed by atoms with Gasteiger partial charge >= 0.3 is 12.1 Å². The molecule has 2 N–H and O–H groups in total. The first-order valence-electron chi connectivity index (χ1n) is 6.70. The van der Waals surface area contributed by atoms with Crippen LogP contribution in [-0.2, 0) is 9.59 Å². The van der Waals surface area contributed by atoms with Crippen LogP contribution in [0.5, 0.6) is 0 Å². The Balaban J connectivity index is 3.04. The summed E-state index contributed by atoms with van der Waals surface area (Å²) in [6.45, 7) is 6.71. The number of alkyl halides is 3. The average molecular weight is 307 g/mol. The Hall–Kier alpha value is -1.53. The van der Waals surface area contributed by atoms with Gasteiger partial charge in [-0.2, -0.15) is 13.2 Å². The molecule has 1 rings (SSSR count). The molecular formula is C14H20F3NO3. The Kier molecular flexibility index (Phi) is 4.75. The number of aliphatic carboxylic acids is 1. The number of carboxylic acids is 1. The van der Waals surface area contributed by atoms with Crippen LogP contribution in [0.15, 0.2) is 11.3 Å². The van der Waals surface area contributed by atoms with Crippen molar-refractivity contribution >= 4 is 11.8 Å². The van der Waals surface area contributed by atoms with E-state index in [0.717, 1.165) is 0 Å². The number of ketones is 1. The number of allylic oxidation sites excluding steroid dienone is 2. The van der Waals surface area contributed by atoms with Crippen molar-refractivity contribution in [1.29, 1.82) is 0 Å². The Morgan fingerprint density at radius 1 is 1.33 bits per heavy atom. The fraction of sp³-hybridized carbons (Fsp3) is 0.714.